The van der Waals surface area contributed by atoms with Gasteiger partial charge in [-0.3, -0.25) is 9.59 Å². The van der Waals surface area contributed by atoms with E-state index < -0.39 is 5.91 Å². The van der Waals surface area contributed by atoms with Gasteiger partial charge >= 0.3 is 0 Å². The van der Waals surface area contributed by atoms with Crippen molar-refractivity contribution in [1.29, 1.82) is 0 Å². The minimum atomic E-state index is -0.572. The van der Waals surface area contributed by atoms with Gasteiger partial charge in [0.1, 0.15) is 6.29 Å². The largest absolute Gasteiger partial charge is 0.493 e. The molecule has 0 heterocycles. The highest BCUT2D eigenvalue weighted by molar-refractivity contribution is 14.1. The summed E-state index contributed by atoms with van der Waals surface area (Å²) in [4.78, 5) is 21.2. The van der Waals surface area contributed by atoms with Gasteiger partial charge in [-0.1, -0.05) is 0 Å². The number of aldehydes is 1. The first kappa shape index (κ1) is 12.8. The summed E-state index contributed by atoms with van der Waals surface area (Å²) >= 11 is 1.99. The monoisotopic (exact) mass is 335 g/mol. The van der Waals surface area contributed by atoms with E-state index in [1.54, 1.807) is 6.07 Å². The number of benzene rings is 1. The van der Waals surface area contributed by atoms with Gasteiger partial charge < -0.3 is 15.2 Å². The molecule has 0 saturated heterocycles. The fourth-order valence-electron chi connectivity index (χ4n) is 1.09. The zero-order valence-electron chi connectivity index (χ0n) is 8.53. The maximum absolute atomic E-state index is 10.6. The smallest absolute Gasteiger partial charge is 0.255 e. The molecule has 0 aliphatic heterocycles. The van der Waals surface area contributed by atoms with Crippen LogP contribution in [0.15, 0.2) is 12.1 Å². The second-order valence-corrected chi connectivity index (χ2v) is 4.07. The van der Waals surface area contributed by atoms with Crippen molar-refractivity contribution >= 4 is 34.8 Å². The number of halogens is 1. The third-order valence-electron chi connectivity index (χ3n) is 1.75. The number of carbonyl (C=O) groups excluding carboxylic acids is 2. The van der Waals surface area contributed by atoms with Crippen molar-refractivity contribution in [1.82, 2.24) is 0 Å². The average Bonchev–Trinajstić information content (AvgIpc) is 2.26. The van der Waals surface area contributed by atoms with Crippen LogP contribution in [0, 0.1) is 3.57 Å². The highest BCUT2D eigenvalue weighted by Gasteiger charge is 2.12. The number of nitrogens with two attached hydrogens (primary N) is 1. The lowest BCUT2D eigenvalue weighted by Crippen LogP contribution is -2.20. The molecule has 0 aliphatic carbocycles. The van der Waals surface area contributed by atoms with E-state index in [-0.39, 0.29) is 6.61 Å². The number of primary amides is 1. The van der Waals surface area contributed by atoms with Gasteiger partial charge in [-0.2, -0.15) is 0 Å². The Bertz CT molecular complexity index is 420. The molecule has 0 atom stereocenters. The Kier molecular flexibility index (Phi) is 4.53. The van der Waals surface area contributed by atoms with Gasteiger partial charge in [-0.25, -0.2) is 0 Å². The van der Waals surface area contributed by atoms with Crippen molar-refractivity contribution < 1.29 is 19.1 Å². The molecule has 0 aliphatic rings. The van der Waals surface area contributed by atoms with Crippen LogP contribution >= 0.6 is 22.6 Å². The van der Waals surface area contributed by atoms with E-state index in [0.717, 1.165) is 0 Å². The Balaban J connectivity index is 3.06. The normalized spacial score (nSPS) is 9.62. The summed E-state index contributed by atoms with van der Waals surface area (Å²) in [6.45, 7) is -0.229. The molecule has 2 N–H and O–H groups in total. The van der Waals surface area contributed by atoms with Gasteiger partial charge in [-0.15, -0.1) is 0 Å². The van der Waals surface area contributed by atoms with Crippen LogP contribution < -0.4 is 15.2 Å². The molecule has 1 amide bonds. The van der Waals surface area contributed by atoms with Crippen LogP contribution in [0.2, 0.25) is 0 Å². The van der Waals surface area contributed by atoms with Crippen molar-refractivity contribution in [3.8, 4) is 11.5 Å². The van der Waals surface area contributed by atoms with E-state index in [0.29, 0.717) is 26.9 Å². The van der Waals surface area contributed by atoms with Crippen molar-refractivity contribution in [3.05, 3.63) is 21.3 Å². The maximum atomic E-state index is 10.6. The van der Waals surface area contributed by atoms with Crippen LogP contribution in [-0.4, -0.2) is 25.9 Å². The lowest BCUT2D eigenvalue weighted by molar-refractivity contribution is -0.119. The van der Waals surface area contributed by atoms with Crippen LogP contribution in [0.3, 0.4) is 0 Å². The lowest BCUT2D eigenvalue weighted by atomic mass is 10.2. The van der Waals surface area contributed by atoms with Gasteiger partial charge in [0.2, 0.25) is 0 Å². The highest BCUT2D eigenvalue weighted by Crippen LogP contribution is 2.33. The number of methoxy groups -OCH3 is 1. The van der Waals surface area contributed by atoms with Crippen LogP contribution in [-0.2, 0) is 4.79 Å². The van der Waals surface area contributed by atoms with Crippen LogP contribution in [0.4, 0.5) is 0 Å². The predicted molar refractivity (Wildman–Crippen MR) is 65.8 cm³/mol. The second kappa shape index (κ2) is 5.69. The number of hydrogen-bond donors (Lipinski definition) is 1. The lowest BCUT2D eigenvalue weighted by Gasteiger charge is -2.11. The Hall–Kier alpha value is -1.31. The molecule has 1 aromatic rings. The minimum absolute atomic E-state index is 0.229. The van der Waals surface area contributed by atoms with Crippen LogP contribution in [0.25, 0.3) is 0 Å². The molecule has 0 fully saturated rings. The molecule has 1 aromatic carbocycles. The number of amides is 1. The molecule has 0 aromatic heterocycles. The van der Waals surface area contributed by atoms with Crippen LogP contribution in [0.5, 0.6) is 11.5 Å². The summed E-state index contributed by atoms with van der Waals surface area (Å²) < 4.78 is 10.9. The number of rotatable bonds is 5. The Labute approximate surface area is 106 Å². The maximum Gasteiger partial charge on any atom is 0.255 e. The first-order chi connectivity index (χ1) is 7.58. The molecule has 5 nitrogen and oxygen atoms in total. The van der Waals surface area contributed by atoms with Crippen molar-refractivity contribution in [2.24, 2.45) is 5.73 Å². The van der Waals surface area contributed by atoms with Crippen molar-refractivity contribution in [2.45, 2.75) is 0 Å². The number of ether oxygens (including phenoxy) is 2. The molecule has 0 spiro atoms. The number of carbonyl (C=O) groups is 2. The average molecular weight is 335 g/mol. The zero-order chi connectivity index (χ0) is 12.1. The summed E-state index contributed by atoms with van der Waals surface area (Å²) in [6, 6.07) is 3.16. The molecule has 1 rings (SSSR count). The Morgan fingerprint density at radius 3 is 2.75 bits per heavy atom. The summed E-state index contributed by atoms with van der Waals surface area (Å²) in [5.74, 6) is 0.236. The third kappa shape index (κ3) is 3.09. The van der Waals surface area contributed by atoms with Gasteiger partial charge in [0.15, 0.2) is 18.1 Å². The highest BCUT2D eigenvalue weighted by atomic mass is 127. The Morgan fingerprint density at radius 2 is 2.25 bits per heavy atom. The molecule has 0 radical (unpaired) electrons. The van der Waals surface area contributed by atoms with Crippen molar-refractivity contribution in [2.75, 3.05) is 13.7 Å². The van der Waals surface area contributed by atoms with E-state index in [1.165, 1.54) is 13.2 Å². The topological polar surface area (TPSA) is 78.6 Å². The predicted octanol–water partition coefficient (Wildman–Crippen LogP) is 0.976. The van der Waals surface area contributed by atoms with E-state index in [9.17, 15) is 9.59 Å². The minimum Gasteiger partial charge on any atom is -0.493 e. The first-order valence-electron chi connectivity index (χ1n) is 4.32. The fraction of sp³-hybridized carbons (Fsp3) is 0.200. The summed E-state index contributed by atoms with van der Waals surface area (Å²) in [5.41, 5.74) is 5.45. The number of hydrogen-bond acceptors (Lipinski definition) is 4. The molecular formula is C10H10INO4. The van der Waals surface area contributed by atoms with E-state index in [1.807, 2.05) is 22.6 Å². The van der Waals surface area contributed by atoms with E-state index >= 15 is 0 Å². The SMILES string of the molecule is COc1cc(C=O)cc(I)c1OCC(N)=O. The Morgan fingerprint density at radius 1 is 1.56 bits per heavy atom. The molecule has 16 heavy (non-hydrogen) atoms. The first-order valence-corrected chi connectivity index (χ1v) is 5.40. The van der Waals surface area contributed by atoms with E-state index in [2.05, 4.69) is 0 Å². The second-order valence-electron chi connectivity index (χ2n) is 2.91. The van der Waals surface area contributed by atoms with E-state index in [4.69, 9.17) is 15.2 Å². The fourth-order valence-corrected chi connectivity index (χ4v) is 1.87. The standard InChI is InChI=1S/C10H10INO4/c1-15-8-3-6(4-13)2-7(11)10(8)16-5-9(12)14/h2-4H,5H2,1H3,(H2,12,14). The van der Waals surface area contributed by atoms with Crippen molar-refractivity contribution in [3.63, 3.8) is 0 Å². The molecule has 86 valence electrons. The third-order valence-corrected chi connectivity index (χ3v) is 2.55. The van der Waals surface area contributed by atoms with Gasteiger partial charge in [0.25, 0.3) is 5.91 Å². The van der Waals surface area contributed by atoms with Gasteiger partial charge in [0, 0.05) is 5.56 Å². The van der Waals surface area contributed by atoms with Gasteiger partial charge in [-0.05, 0) is 34.7 Å². The molecule has 6 heteroatoms. The van der Waals surface area contributed by atoms with Gasteiger partial charge in [0.05, 0.1) is 10.7 Å². The molecular weight excluding hydrogens is 325 g/mol. The molecule has 0 unspecified atom stereocenters. The van der Waals surface area contributed by atoms with Crippen LogP contribution in [0.1, 0.15) is 10.4 Å². The molecule has 0 saturated carbocycles. The summed E-state index contributed by atoms with van der Waals surface area (Å²) in [6.07, 6.45) is 0.711. The summed E-state index contributed by atoms with van der Waals surface area (Å²) in [7, 11) is 1.46. The summed E-state index contributed by atoms with van der Waals surface area (Å²) in [5, 5.41) is 0. The molecule has 0 bridgehead atoms. The quantitative estimate of drug-likeness (QED) is 0.643. The zero-order valence-corrected chi connectivity index (χ0v) is 10.7.